The first-order valence-corrected chi connectivity index (χ1v) is 8.61. The summed E-state index contributed by atoms with van der Waals surface area (Å²) in [5.41, 5.74) is -0.122. The molecule has 0 fully saturated rings. The van der Waals surface area contributed by atoms with Crippen molar-refractivity contribution in [1.29, 1.82) is 0 Å². The van der Waals surface area contributed by atoms with E-state index in [-0.39, 0.29) is 0 Å². The molecule has 25 heavy (non-hydrogen) atoms. The molecule has 0 saturated heterocycles. The summed E-state index contributed by atoms with van der Waals surface area (Å²) in [6, 6.07) is 12.4. The molecule has 0 amide bonds. The lowest BCUT2D eigenvalue weighted by Crippen LogP contribution is -2.23. The minimum Gasteiger partial charge on any atom is -0.456 e. The summed E-state index contributed by atoms with van der Waals surface area (Å²) in [5.74, 6) is 1.17. The van der Waals surface area contributed by atoms with E-state index in [0.717, 1.165) is 5.56 Å². The standard InChI is InChI=1S/C19H18Cl2N2O2/c1-19(24,8-10-23-11-9-22-13-23)14-2-5-16(6-3-14)25-18-7-4-15(20)12-17(18)21/h2-7,9,11-13,24H,8,10H2,1H3. The van der Waals surface area contributed by atoms with E-state index >= 15 is 0 Å². The zero-order valence-corrected chi connectivity index (χ0v) is 15.2. The van der Waals surface area contributed by atoms with Crippen molar-refractivity contribution in [2.75, 3.05) is 0 Å². The molecule has 1 unspecified atom stereocenters. The molecule has 1 heterocycles. The number of hydrogen-bond donors (Lipinski definition) is 1. The van der Waals surface area contributed by atoms with Crippen LogP contribution in [0.5, 0.6) is 11.5 Å². The maximum Gasteiger partial charge on any atom is 0.146 e. The SMILES string of the molecule is CC(O)(CCn1ccnc1)c1ccc(Oc2ccc(Cl)cc2Cl)cc1. The van der Waals surface area contributed by atoms with Crippen LogP contribution in [-0.4, -0.2) is 14.7 Å². The van der Waals surface area contributed by atoms with Gasteiger partial charge in [0.1, 0.15) is 11.5 Å². The van der Waals surface area contributed by atoms with Crippen LogP contribution in [0.25, 0.3) is 0 Å². The van der Waals surface area contributed by atoms with Crippen LogP contribution >= 0.6 is 23.2 Å². The molecule has 1 N–H and O–H groups in total. The molecular weight excluding hydrogens is 359 g/mol. The lowest BCUT2D eigenvalue weighted by molar-refractivity contribution is 0.0430. The largest absolute Gasteiger partial charge is 0.456 e. The number of aryl methyl sites for hydroxylation is 1. The van der Waals surface area contributed by atoms with Crippen molar-refractivity contribution in [2.24, 2.45) is 0 Å². The molecule has 0 aliphatic carbocycles. The summed E-state index contributed by atoms with van der Waals surface area (Å²) in [5, 5.41) is 11.7. The normalized spacial score (nSPS) is 13.4. The Hall–Kier alpha value is -2.01. The van der Waals surface area contributed by atoms with Crippen LogP contribution in [0.2, 0.25) is 10.0 Å². The third-order valence-electron chi connectivity index (χ3n) is 4.01. The van der Waals surface area contributed by atoms with Crippen LogP contribution in [-0.2, 0) is 12.1 Å². The van der Waals surface area contributed by atoms with Crippen LogP contribution in [0.4, 0.5) is 0 Å². The topological polar surface area (TPSA) is 47.3 Å². The van der Waals surface area contributed by atoms with E-state index in [9.17, 15) is 5.11 Å². The van der Waals surface area contributed by atoms with Gasteiger partial charge in [0.05, 0.1) is 17.0 Å². The highest BCUT2D eigenvalue weighted by molar-refractivity contribution is 6.35. The lowest BCUT2D eigenvalue weighted by Gasteiger charge is -2.24. The van der Waals surface area contributed by atoms with Crippen molar-refractivity contribution >= 4 is 23.2 Å². The molecule has 3 aromatic rings. The highest BCUT2D eigenvalue weighted by atomic mass is 35.5. The van der Waals surface area contributed by atoms with Gasteiger partial charge in [-0.15, -0.1) is 0 Å². The minimum atomic E-state index is -0.944. The number of rotatable bonds is 6. The Labute approximate surface area is 156 Å². The maximum atomic E-state index is 10.7. The summed E-state index contributed by atoms with van der Waals surface area (Å²) in [6.07, 6.45) is 5.92. The van der Waals surface area contributed by atoms with Gasteiger partial charge in [0, 0.05) is 24.0 Å². The number of halogens is 2. The molecule has 6 heteroatoms. The van der Waals surface area contributed by atoms with Crippen molar-refractivity contribution in [2.45, 2.75) is 25.5 Å². The number of hydrogen-bond acceptors (Lipinski definition) is 3. The summed E-state index contributed by atoms with van der Waals surface area (Å²) in [7, 11) is 0. The number of imidazole rings is 1. The molecule has 0 spiro atoms. The van der Waals surface area contributed by atoms with Gasteiger partial charge >= 0.3 is 0 Å². The lowest BCUT2D eigenvalue weighted by atomic mass is 9.92. The molecule has 0 aliphatic heterocycles. The second-order valence-corrected chi connectivity index (χ2v) is 6.87. The van der Waals surface area contributed by atoms with Gasteiger partial charge in [0.25, 0.3) is 0 Å². The molecular formula is C19H18Cl2N2O2. The molecule has 4 nitrogen and oxygen atoms in total. The second-order valence-electron chi connectivity index (χ2n) is 6.03. The Morgan fingerprint density at radius 2 is 1.92 bits per heavy atom. The van der Waals surface area contributed by atoms with E-state index in [0.29, 0.717) is 34.5 Å². The van der Waals surface area contributed by atoms with E-state index in [4.69, 9.17) is 27.9 Å². The fourth-order valence-corrected chi connectivity index (χ4v) is 2.92. The molecule has 0 aliphatic rings. The summed E-state index contributed by atoms with van der Waals surface area (Å²) >= 11 is 12.0. The van der Waals surface area contributed by atoms with Crippen LogP contribution in [0, 0.1) is 0 Å². The quantitative estimate of drug-likeness (QED) is 0.636. The molecule has 130 valence electrons. The van der Waals surface area contributed by atoms with Crippen LogP contribution in [0.15, 0.2) is 61.2 Å². The van der Waals surface area contributed by atoms with Crippen molar-refractivity contribution in [3.8, 4) is 11.5 Å². The molecule has 1 atom stereocenters. The summed E-state index contributed by atoms with van der Waals surface area (Å²) < 4.78 is 7.71. The van der Waals surface area contributed by atoms with Crippen molar-refractivity contribution in [3.05, 3.63) is 76.8 Å². The van der Waals surface area contributed by atoms with Gasteiger partial charge in [-0.2, -0.15) is 0 Å². The molecule has 0 saturated carbocycles. The Morgan fingerprint density at radius 1 is 1.16 bits per heavy atom. The zero-order valence-electron chi connectivity index (χ0n) is 13.7. The number of aromatic nitrogens is 2. The van der Waals surface area contributed by atoms with Gasteiger partial charge in [0.2, 0.25) is 0 Å². The Balaban J connectivity index is 1.68. The highest BCUT2D eigenvalue weighted by Gasteiger charge is 2.22. The van der Waals surface area contributed by atoms with E-state index in [1.807, 2.05) is 35.0 Å². The molecule has 0 radical (unpaired) electrons. The van der Waals surface area contributed by atoms with Crippen molar-refractivity contribution in [1.82, 2.24) is 9.55 Å². The van der Waals surface area contributed by atoms with Gasteiger partial charge in [-0.05, 0) is 49.2 Å². The number of ether oxygens (including phenoxy) is 1. The number of benzene rings is 2. The maximum absolute atomic E-state index is 10.7. The van der Waals surface area contributed by atoms with Crippen molar-refractivity contribution < 1.29 is 9.84 Å². The molecule has 2 aromatic carbocycles. The third kappa shape index (κ3) is 4.54. The zero-order chi connectivity index (χ0) is 17.9. The Kier molecular flexibility index (Phi) is 5.33. The fourth-order valence-electron chi connectivity index (χ4n) is 2.48. The molecule has 1 aromatic heterocycles. The number of aliphatic hydroxyl groups is 1. The van der Waals surface area contributed by atoms with Gasteiger partial charge < -0.3 is 14.4 Å². The van der Waals surface area contributed by atoms with Gasteiger partial charge in [-0.3, -0.25) is 0 Å². The van der Waals surface area contributed by atoms with E-state index in [1.165, 1.54) is 0 Å². The van der Waals surface area contributed by atoms with Crippen LogP contribution in [0.3, 0.4) is 0 Å². The fraction of sp³-hybridized carbons (Fsp3) is 0.211. The molecule has 0 bridgehead atoms. The summed E-state index contributed by atoms with van der Waals surface area (Å²) in [4.78, 5) is 4.01. The average Bonchev–Trinajstić information content (AvgIpc) is 3.10. The summed E-state index contributed by atoms with van der Waals surface area (Å²) in [6.45, 7) is 2.49. The number of nitrogens with zero attached hydrogens (tertiary/aromatic N) is 2. The first-order chi connectivity index (χ1) is 11.9. The predicted octanol–water partition coefficient (Wildman–Crippen LogP) is 5.28. The van der Waals surface area contributed by atoms with Crippen molar-refractivity contribution in [3.63, 3.8) is 0 Å². The monoisotopic (exact) mass is 376 g/mol. The second kappa shape index (κ2) is 7.48. The van der Waals surface area contributed by atoms with E-state index < -0.39 is 5.60 Å². The van der Waals surface area contributed by atoms with E-state index in [2.05, 4.69) is 4.98 Å². The smallest absolute Gasteiger partial charge is 0.146 e. The Bertz CT molecular complexity index is 831. The van der Waals surface area contributed by atoms with Gasteiger partial charge in [-0.25, -0.2) is 4.98 Å². The minimum absolute atomic E-state index is 0.448. The molecule has 3 rings (SSSR count). The highest BCUT2D eigenvalue weighted by Crippen LogP contribution is 2.33. The third-order valence-corrected chi connectivity index (χ3v) is 4.54. The van der Waals surface area contributed by atoms with E-state index in [1.54, 1.807) is 37.6 Å². The Morgan fingerprint density at radius 3 is 2.56 bits per heavy atom. The van der Waals surface area contributed by atoms with Crippen LogP contribution in [0.1, 0.15) is 18.9 Å². The van der Waals surface area contributed by atoms with Gasteiger partial charge in [0.15, 0.2) is 0 Å². The first-order valence-electron chi connectivity index (χ1n) is 7.86. The van der Waals surface area contributed by atoms with Crippen LogP contribution < -0.4 is 4.74 Å². The van der Waals surface area contributed by atoms with Gasteiger partial charge in [-0.1, -0.05) is 35.3 Å². The average molecular weight is 377 g/mol. The first kappa shape index (κ1) is 17.8. The predicted molar refractivity (Wildman–Crippen MR) is 99.4 cm³/mol.